The molecule has 2 aliphatic heterocycles. The van der Waals surface area contributed by atoms with Crippen LogP contribution in [0, 0.1) is 0 Å². The minimum atomic E-state index is -0.426. The molecule has 0 bridgehead atoms. The average molecular weight is 301 g/mol. The fourth-order valence-corrected chi connectivity index (χ4v) is 3.07. The lowest BCUT2D eigenvalue weighted by Gasteiger charge is -2.24. The number of carbonyl (C=O) groups excluding carboxylic acids is 2. The van der Waals surface area contributed by atoms with Gasteiger partial charge in [0.2, 0.25) is 11.8 Å². The molecule has 3 heterocycles. The fourth-order valence-electron chi connectivity index (χ4n) is 3.07. The van der Waals surface area contributed by atoms with Crippen molar-refractivity contribution in [1.82, 2.24) is 20.6 Å². The van der Waals surface area contributed by atoms with Crippen LogP contribution >= 0.6 is 0 Å². The van der Waals surface area contributed by atoms with E-state index in [1.54, 1.807) is 6.20 Å². The minimum Gasteiger partial charge on any atom is -0.367 e. The third-order valence-electron chi connectivity index (χ3n) is 4.54. The number of aromatic nitrogens is 2. The Hall–Kier alpha value is -2.18. The molecule has 2 atom stereocenters. The zero-order chi connectivity index (χ0) is 15.1. The summed E-state index contributed by atoms with van der Waals surface area (Å²) in [4.78, 5) is 33.3. The summed E-state index contributed by atoms with van der Waals surface area (Å²) < 4.78 is 0. The molecule has 2 fully saturated rings. The molecular weight excluding hydrogens is 282 g/mol. The molecule has 1 aromatic rings. The topological polar surface area (TPSA) is 96.0 Å². The summed E-state index contributed by atoms with van der Waals surface area (Å²) in [6, 6.07) is -0.426. The zero-order valence-electron chi connectivity index (χ0n) is 12.3. The minimum absolute atomic E-state index is 0.0939. The lowest BCUT2D eigenvalue weighted by atomic mass is 10.0. The molecule has 3 N–H and O–H groups in total. The molecule has 0 aromatic carbocycles. The second-order valence-electron chi connectivity index (χ2n) is 6.23. The van der Waals surface area contributed by atoms with Crippen molar-refractivity contribution in [1.29, 1.82) is 0 Å². The van der Waals surface area contributed by atoms with Gasteiger partial charge in [0.15, 0.2) is 0 Å². The number of nitrogens with one attached hydrogen (secondary N) is 3. The highest BCUT2D eigenvalue weighted by Gasteiger charge is 2.35. The van der Waals surface area contributed by atoms with Gasteiger partial charge in [-0.25, -0.2) is 4.98 Å². The SMILES string of the molecule is O=C(N[C@@H]1CCCNC1=O)C1CNc2ncc(C3CC3)nc21. The molecule has 0 spiro atoms. The summed E-state index contributed by atoms with van der Waals surface area (Å²) in [6.07, 6.45) is 5.69. The molecular formula is C15H19N5O2. The van der Waals surface area contributed by atoms with Crippen molar-refractivity contribution in [2.75, 3.05) is 18.4 Å². The summed E-state index contributed by atoms with van der Waals surface area (Å²) in [7, 11) is 0. The van der Waals surface area contributed by atoms with Gasteiger partial charge >= 0.3 is 0 Å². The maximum Gasteiger partial charge on any atom is 0.242 e. The number of fused-ring (bicyclic) bond motifs is 1. The average Bonchev–Trinajstić information content (AvgIpc) is 3.29. The summed E-state index contributed by atoms with van der Waals surface area (Å²) in [6.45, 7) is 1.18. The largest absolute Gasteiger partial charge is 0.367 e. The number of hydrogen-bond donors (Lipinski definition) is 3. The van der Waals surface area contributed by atoms with Crippen molar-refractivity contribution < 1.29 is 9.59 Å². The van der Waals surface area contributed by atoms with Gasteiger partial charge in [-0.2, -0.15) is 0 Å². The molecule has 3 aliphatic rings. The number of piperidine rings is 1. The van der Waals surface area contributed by atoms with E-state index in [-0.39, 0.29) is 17.7 Å². The second-order valence-corrected chi connectivity index (χ2v) is 6.23. The van der Waals surface area contributed by atoms with Crippen molar-refractivity contribution >= 4 is 17.6 Å². The Morgan fingerprint density at radius 1 is 1.27 bits per heavy atom. The first-order valence-electron chi connectivity index (χ1n) is 7.91. The Labute approximate surface area is 128 Å². The summed E-state index contributed by atoms with van der Waals surface area (Å²) in [5.74, 6) is 0.596. The predicted octanol–water partition coefficient (Wildman–Crippen LogP) is 0.258. The fraction of sp³-hybridized carbons (Fsp3) is 0.600. The van der Waals surface area contributed by atoms with Crippen molar-refractivity contribution in [2.45, 2.75) is 43.6 Å². The van der Waals surface area contributed by atoms with Crippen LogP contribution in [0.5, 0.6) is 0 Å². The van der Waals surface area contributed by atoms with E-state index in [4.69, 9.17) is 0 Å². The Balaban J connectivity index is 1.51. The summed E-state index contributed by atoms with van der Waals surface area (Å²) >= 11 is 0. The van der Waals surface area contributed by atoms with Crippen LogP contribution in [-0.4, -0.2) is 40.9 Å². The molecule has 1 unspecified atom stereocenters. The van der Waals surface area contributed by atoms with Gasteiger partial charge in [0.25, 0.3) is 0 Å². The number of hydrogen-bond acceptors (Lipinski definition) is 5. The van der Waals surface area contributed by atoms with Crippen LogP contribution in [0.15, 0.2) is 6.20 Å². The number of nitrogens with zero attached hydrogens (tertiary/aromatic N) is 2. The van der Waals surface area contributed by atoms with E-state index in [9.17, 15) is 9.59 Å². The lowest BCUT2D eigenvalue weighted by molar-refractivity contribution is -0.130. The normalized spacial score (nSPS) is 26.8. The molecule has 0 radical (unpaired) electrons. The molecule has 116 valence electrons. The van der Waals surface area contributed by atoms with Gasteiger partial charge in [-0.1, -0.05) is 0 Å². The maximum absolute atomic E-state index is 12.5. The first-order chi connectivity index (χ1) is 10.7. The van der Waals surface area contributed by atoms with Crippen LogP contribution in [0.4, 0.5) is 5.82 Å². The lowest BCUT2D eigenvalue weighted by Crippen LogP contribution is -2.51. The van der Waals surface area contributed by atoms with Gasteiger partial charge in [-0.05, 0) is 25.7 Å². The van der Waals surface area contributed by atoms with E-state index in [0.29, 0.717) is 31.2 Å². The monoisotopic (exact) mass is 301 g/mol. The quantitative estimate of drug-likeness (QED) is 0.744. The van der Waals surface area contributed by atoms with Gasteiger partial charge in [0.05, 0.1) is 17.6 Å². The van der Waals surface area contributed by atoms with Crippen LogP contribution < -0.4 is 16.0 Å². The molecule has 7 heteroatoms. The van der Waals surface area contributed by atoms with E-state index in [1.807, 2.05) is 0 Å². The van der Waals surface area contributed by atoms with Crippen LogP contribution in [0.3, 0.4) is 0 Å². The molecule has 7 nitrogen and oxygen atoms in total. The number of anilines is 1. The van der Waals surface area contributed by atoms with Crippen molar-refractivity contribution in [3.63, 3.8) is 0 Å². The van der Waals surface area contributed by atoms with Crippen LogP contribution in [0.2, 0.25) is 0 Å². The number of carbonyl (C=O) groups is 2. The highest BCUT2D eigenvalue weighted by atomic mass is 16.2. The number of rotatable bonds is 3. The highest BCUT2D eigenvalue weighted by Crippen LogP contribution is 2.40. The van der Waals surface area contributed by atoms with Crippen molar-refractivity contribution in [3.05, 3.63) is 17.6 Å². The van der Waals surface area contributed by atoms with Gasteiger partial charge < -0.3 is 16.0 Å². The molecule has 1 aromatic heterocycles. The van der Waals surface area contributed by atoms with E-state index in [2.05, 4.69) is 25.9 Å². The third-order valence-corrected chi connectivity index (χ3v) is 4.54. The van der Waals surface area contributed by atoms with E-state index in [1.165, 1.54) is 0 Å². The van der Waals surface area contributed by atoms with Crippen LogP contribution in [0.25, 0.3) is 0 Å². The van der Waals surface area contributed by atoms with Gasteiger partial charge in [-0.3, -0.25) is 14.6 Å². The summed E-state index contributed by atoms with van der Waals surface area (Å²) in [5, 5.41) is 8.77. The Morgan fingerprint density at radius 2 is 2.14 bits per heavy atom. The maximum atomic E-state index is 12.5. The molecule has 4 rings (SSSR count). The van der Waals surface area contributed by atoms with Crippen molar-refractivity contribution in [2.24, 2.45) is 0 Å². The first kappa shape index (κ1) is 13.5. The second kappa shape index (κ2) is 5.23. The molecule has 1 saturated carbocycles. The Kier molecular flexibility index (Phi) is 3.20. The van der Waals surface area contributed by atoms with Crippen LogP contribution in [0.1, 0.15) is 48.9 Å². The van der Waals surface area contributed by atoms with Crippen molar-refractivity contribution in [3.8, 4) is 0 Å². The first-order valence-corrected chi connectivity index (χ1v) is 7.91. The smallest absolute Gasteiger partial charge is 0.242 e. The summed E-state index contributed by atoms with van der Waals surface area (Å²) in [5.41, 5.74) is 1.70. The molecule has 22 heavy (non-hydrogen) atoms. The highest BCUT2D eigenvalue weighted by molar-refractivity contribution is 5.92. The van der Waals surface area contributed by atoms with Gasteiger partial charge in [0, 0.05) is 19.0 Å². The van der Waals surface area contributed by atoms with Gasteiger partial charge in [-0.15, -0.1) is 0 Å². The molecule has 1 aliphatic carbocycles. The predicted molar refractivity (Wildman–Crippen MR) is 79.4 cm³/mol. The van der Waals surface area contributed by atoms with Crippen LogP contribution in [-0.2, 0) is 9.59 Å². The van der Waals surface area contributed by atoms with E-state index < -0.39 is 6.04 Å². The Bertz CT molecular complexity index is 628. The molecule has 1 saturated heterocycles. The van der Waals surface area contributed by atoms with Gasteiger partial charge in [0.1, 0.15) is 17.8 Å². The standard InChI is InChI=1S/C15H19N5O2/c21-14(20-10-2-1-5-16-15(10)22)9-6-17-13-12(9)19-11(7-18-13)8-3-4-8/h7-10H,1-6H2,(H,16,22)(H,17,18)(H,20,21)/t9?,10-/m1/s1. The van der Waals surface area contributed by atoms with E-state index in [0.717, 1.165) is 30.7 Å². The zero-order valence-corrected chi connectivity index (χ0v) is 12.3. The Morgan fingerprint density at radius 3 is 2.91 bits per heavy atom. The van der Waals surface area contributed by atoms with E-state index >= 15 is 0 Å². The third kappa shape index (κ3) is 2.40. The number of amides is 2. The molecule has 2 amide bonds.